The quantitative estimate of drug-likeness (QED) is 0.694. The number of hydrogen-bond donors (Lipinski definition) is 1. The van der Waals surface area contributed by atoms with Crippen LogP contribution in [0, 0.1) is 0 Å². The van der Waals surface area contributed by atoms with E-state index in [9.17, 15) is 9.59 Å². The van der Waals surface area contributed by atoms with Gasteiger partial charge in [0.25, 0.3) is 5.91 Å². The number of hydrogen-bond acceptors (Lipinski definition) is 5. The van der Waals surface area contributed by atoms with E-state index in [1.54, 1.807) is 47.2 Å². The molecule has 0 aliphatic rings. The van der Waals surface area contributed by atoms with Gasteiger partial charge in [-0.3, -0.25) is 9.59 Å². The molecule has 0 saturated heterocycles. The molecule has 0 aliphatic heterocycles. The fraction of sp³-hybridized carbons (Fsp3) is 0.375. The first-order valence-electron chi connectivity index (χ1n) is 7.33. The van der Waals surface area contributed by atoms with Gasteiger partial charge in [0.05, 0.1) is 16.6 Å². The highest BCUT2D eigenvalue weighted by Crippen LogP contribution is 2.23. The Labute approximate surface area is 157 Å². The molecule has 0 spiro atoms. The van der Waals surface area contributed by atoms with Crippen molar-refractivity contribution in [2.45, 2.75) is 19.0 Å². The molecule has 5 nitrogen and oxygen atoms in total. The molecule has 2 aromatic heterocycles. The number of carbonyl (C=O) groups excluding carboxylic acids is 2. The number of thiophene rings is 1. The average Bonchev–Trinajstić information content (AvgIpc) is 3.22. The van der Waals surface area contributed by atoms with Crippen molar-refractivity contribution >= 4 is 50.8 Å². The molecule has 8 heteroatoms. The summed E-state index contributed by atoms with van der Waals surface area (Å²) in [6.07, 6.45) is 3.99. The van der Waals surface area contributed by atoms with Crippen LogP contribution in [-0.2, 0) is 11.3 Å². The third-order valence-electron chi connectivity index (χ3n) is 3.36. The van der Waals surface area contributed by atoms with Gasteiger partial charge in [-0.15, -0.1) is 11.3 Å². The third-order valence-corrected chi connectivity index (χ3v) is 5.61. The molecule has 24 heavy (non-hydrogen) atoms. The third kappa shape index (κ3) is 5.39. The van der Waals surface area contributed by atoms with Crippen LogP contribution in [0.15, 0.2) is 38.7 Å². The minimum Gasteiger partial charge on any atom is -0.459 e. The summed E-state index contributed by atoms with van der Waals surface area (Å²) in [5, 5.41) is 2.78. The van der Waals surface area contributed by atoms with E-state index in [2.05, 4.69) is 21.2 Å². The van der Waals surface area contributed by atoms with Crippen LogP contribution >= 0.6 is 39.0 Å². The Morgan fingerprint density at radius 3 is 2.79 bits per heavy atom. The van der Waals surface area contributed by atoms with Crippen molar-refractivity contribution < 1.29 is 14.0 Å². The first kappa shape index (κ1) is 19.1. The van der Waals surface area contributed by atoms with Crippen LogP contribution in [-0.4, -0.2) is 41.8 Å². The largest absolute Gasteiger partial charge is 0.459 e. The minimum absolute atomic E-state index is 0.103. The van der Waals surface area contributed by atoms with Crippen LogP contribution in [0.3, 0.4) is 0 Å². The standard InChI is InChI=1S/C16H19BrN2O3S2/c1-19(10-11-5-6-14(17)24-11)16(21)12(7-9-23-2)18-15(20)13-4-3-8-22-13/h3-6,8,12H,7,9-10H2,1-2H3,(H,18,20). The Hall–Kier alpha value is -1.25. The smallest absolute Gasteiger partial charge is 0.287 e. The number of thioether (sulfide) groups is 1. The summed E-state index contributed by atoms with van der Waals surface area (Å²) in [4.78, 5) is 27.6. The summed E-state index contributed by atoms with van der Waals surface area (Å²) < 4.78 is 6.12. The van der Waals surface area contributed by atoms with Crippen LogP contribution in [0.2, 0.25) is 0 Å². The first-order valence-corrected chi connectivity index (χ1v) is 10.3. The molecule has 1 N–H and O–H groups in total. The van der Waals surface area contributed by atoms with Gasteiger partial charge >= 0.3 is 0 Å². The van der Waals surface area contributed by atoms with Gasteiger partial charge in [-0.2, -0.15) is 11.8 Å². The van der Waals surface area contributed by atoms with E-state index < -0.39 is 6.04 Å². The molecule has 0 fully saturated rings. The molecule has 2 aromatic rings. The molecule has 2 rings (SSSR count). The summed E-state index contributed by atoms with van der Waals surface area (Å²) in [5.74, 6) is 0.523. The predicted molar refractivity (Wildman–Crippen MR) is 101 cm³/mol. The van der Waals surface area contributed by atoms with Crippen LogP contribution in [0.5, 0.6) is 0 Å². The molecule has 2 heterocycles. The fourth-order valence-electron chi connectivity index (χ4n) is 2.14. The second-order valence-corrected chi connectivity index (χ2v) is 8.72. The van der Waals surface area contributed by atoms with Crippen LogP contribution in [0.1, 0.15) is 21.9 Å². The maximum Gasteiger partial charge on any atom is 0.287 e. The average molecular weight is 431 g/mol. The van der Waals surface area contributed by atoms with Crippen LogP contribution in [0.25, 0.3) is 0 Å². The summed E-state index contributed by atoms with van der Waals surface area (Å²) in [6, 6.07) is 6.61. The molecule has 0 radical (unpaired) electrons. The number of nitrogens with one attached hydrogen (secondary N) is 1. The van der Waals surface area contributed by atoms with Crippen LogP contribution in [0.4, 0.5) is 0 Å². The SMILES string of the molecule is CSCCC(NC(=O)c1ccco1)C(=O)N(C)Cc1ccc(Br)s1. The molecule has 0 aliphatic carbocycles. The highest BCUT2D eigenvalue weighted by molar-refractivity contribution is 9.11. The Morgan fingerprint density at radius 2 is 2.21 bits per heavy atom. The number of likely N-dealkylation sites (N-methyl/N-ethyl adjacent to an activating group) is 1. The summed E-state index contributed by atoms with van der Waals surface area (Å²) >= 11 is 6.65. The first-order chi connectivity index (χ1) is 11.5. The van der Waals surface area contributed by atoms with Gasteiger partial charge in [0, 0.05) is 11.9 Å². The zero-order chi connectivity index (χ0) is 17.5. The molecule has 0 saturated carbocycles. The lowest BCUT2D eigenvalue weighted by atomic mass is 10.2. The second kappa shape index (κ2) is 9.29. The number of carbonyl (C=O) groups is 2. The Morgan fingerprint density at radius 1 is 1.42 bits per heavy atom. The monoisotopic (exact) mass is 430 g/mol. The molecule has 0 aromatic carbocycles. The van der Waals surface area contributed by atoms with Gasteiger partial charge in [-0.05, 0) is 58.6 Å². The maximum atomic E-state index is 12.7. The van der Waals surface area contributed by atoms with Gasteiger partial charge < -0.3 is 14.6 Å². The molecular weight excluding hydrogens is 412 g/mol. The Kier molecular flexibility index (Phi) is 7.39. The lowest BCUT2D eigenvalue weighted by molar-refractivity contribution is -0.132. The lowest BCUT2D eigenvalue weighted by Gasteiger charge is -2.24. The van der Waals surface area contributed by atoms with Gasteiger partial charge in [-0.25, -0.2) is 0 Å². The van der Waals surface area contributed by atoms with E-state index in [4.69, 9.17) is 4.42 Å². The van der Waals surface area contributed by atoms with Gasteiger partial charge in [0.2, 0.25) is 5.91 Å². The highest BCUT2D eigenvalue weighted by atomic mass is 79.9. The number of furan rings is 1. The van der Waals surface area contributed by atoms with Crippen molar-refractivity contribution in [3.05, 3.63) is 45.0 Å². The minimum atomic E-state index is -0.566. The zero-order valence-electron chi connectivity index (χ0n) is 13.5. The van der Waals surface area contributed by atoms with E-state index in [0.717, 1.165) is 14.4 Å². The summed E-state index contributed by atoms with van der Waals surface area (Å²) in [7, 11) is 1.75. The molecule has 1 unspecified atom stereocenters. The normalized spacial score (nSPS) is 12.0. The molecule has 0 bridgehead atoms. The summed E-state index contributed by atoms with van der Waals surface area (Å²) in [6.45, 7) is 0.515. The van der Waals surface area contributed by atoms with Crippen molar-refractivity contribution in [1.82, 2.24) is 10.2 Å². The number of halogens is 1. The van der Waals surface area contributed by atoms with E-state index in [0.29, 0.717) is 13.0 Å². The maximum absolute atomic E-state index is 12.7. The van der Waals surface area contributed by atoms with E-state index in [-0.39, 0.29) is 17.6 Å². The Bertz CT molecular complexity index is 673. The van der Waals surface area contributed by atoms with Crippen molar-refractivity contribution in [3.8, 4) is 0 Å². The second-order valence-electron chi connectivity index (χ2n) is 5.18. The van der Waals surface area contributed by atoms with Gasteiger partial charge in [0.15, 0.2) is 5.76 Å². The van der Waals surface area contributed by atoms with Crippen molar-refractivity contribution in [2.24, 2.45) is 0 Å². The molecular formula is C16H19BrN2O3S2. The predicted octanol–water partition coefficient (Wildman–Crippen LogP) is 3.61. The van der Waals surface area contributed by atoms with E-state index in [1.165, 1.54) is 6.26 Å². The lowest BCUT2D eigenvalue weighted by Crippen LogP contribution is -2.47. The molecule has 130 valence electrons. The van der Waals surface area contributed by atoms with Crippen molar-refractivity contribution in [1.29, 1.82) is 0 Å². The zero-order valence-corrected chi connectivity index (χ0v) is 16.7. The van der Waals surface area contributed by atoms with E-state index >= 15 is 0 Å². The number of amides is 2. The Balaban J connectivity index is 2.02. The van der Waals surface area contributed by atoms with Crippen LogP contribution < -0.4 is 5.32 Å². The van der Waals surface area contributed by atoms with E-state index in [1.807, 2.05) is 18.4 Å². The highest BCUT2D eigenvalue weighted by Gasteiger charge is 2.25. The van der Waals surface area contributed by atoms with Crippen molar-refractivity contribution in [3.63, 3.8) is 0 Å². The van der Waals surface area contributed by atoms with Gasteiger partial charge in [0.1, 0.15) is 6.04 Å². The topological polar surface area (TPSA) is 62.6 Å². The number of nitrogens with zero attached hydrogens (tertiary/aromatic N) is 1. The molecule has 1 atom stereocenters. The van der Waals surface area contributed by atoms with Gasteiger partial charge in [-0.1, -0.05) is 0 Å². The summed E-state index contributed by atoms with van der Waals surface area (Å²) in [5.41, 5.74) is 0. The molecule has 2 amide bonds. The number of rotatable bonds is 8. The fourth-order valence-corrected chi connectivity index (χ4v) is 4.15. The van der Waals surface area contributed by atoms with Crippen molar-refractivity contribution in [2.75, 3.05) is 19.1 Å².